The fourth-order valence-electron chi connectivity index (χ4n) is 4.66. The van der Waals surface area contributed by atoms with Gasteiger partial charge in [0.1, 0.15) is 11.5 Å². The number of hydrogen-bond acceptors (Lipinski definition) is 5. The van der Waals surface area contributed by atoms with E-state index >= 15 is 0 Å². The minimum atomic E-state index is -0.290. The third-order valence-corrected chi connectivity index (χ3v) is 6.56. The number of aromatic nitrogens is 4. The maximum absolute atomic E-state index is 14.5. The summed E-state index contributed by atoms with van der Waals surface area (Å²) in [5, 5.41) is 15.3. The lowest BCUT2D eigenvalue weighted by Crippen LogP contribution is -2.02. The number of benzene rings is 2. The van der Waals surface area contributed by atoms with Gasteiger partial charge in [-0.2, -0.15) is 5.10 Å². The summed E-state index contributed by atoms with van der Waals surface area (Å²) in [4.78, 5) is 8.77. The molecule has 3 N–H and O–H groups in total. The van der Waals surface area contributed by atoms with Crippen molar-refractivity contribution in [1.82, 2.24) is 20.2 Å². The Morgan fingerprint density at radius 3 is 2.51 bits per heavy atom. The summed E-state index contributed by atoms with van der Waals surface area (Å²) in [6.07, 6.45) is 7.92. The first-order valence-electron chi connectivity index (χ1n) is 12.8. The molecule has 0 saturated carbocycles. The van der Waals surface area contributed by atoms with E-state index in [0.717, 1.165) is 56.6 Å². The monoisotopic (exact) mass is 518 g/mol. The smallest absolute Gasteiger partial charge is 0.131 e. The molecule has 6 nitrogen and oxygen atoms in total. The molecule has 196 valence electrons. The summed E-state index contributed by atoms with van der Waals surface area (Å²) < 4.78 is 14.5. The SMILES string of the molecule is C=C(CC(C)C)Nc1cncc(-c2ccc3[nH]nc(C(=C)Nc4cncc(-c5ccccc5F)c4C)c3c2)c1. The molecule has 0 unspecified atom stereocenters. The lowest BCUT2D eigenvalue weighted by molar-refractivity contribution is 0.631. The van der Waals surface area contributed by atoms with Crippen LogP contribution in [0.15, 0.2) is 92.2 Å². The molecular formula is C32H31FN6. The predicted octanol–water partition coefficient (Wildman–Crippen LogP) is 8.19. The highest BCUT2D eigenvalue weighted by molar-refractivity contribution is 5.95. The Bertz CT molecular complexity index is 1680. The number of halogens is 1. The Balaban J connectivity index is 1.42. The quantitative estimate of drug-likeness (QED) is 0.183. The van der Waals surface area contributed by atoms with E-state index < -0.39 is 0 Å². The fourth-order valence-corrected chi connectivity index (χ4v) is 4.66. The van der Waals surface area contributed by atoms with Crippen LogP contribution < -0.4 is 10.6 Å². The molecule has 2 aromatic carbocycles. The molecular weight excluding hydrogens is 487 g/mol. The summed E-state index contributed by atoms with van der Waals surface area (Å²) in [6, 6.07) is 14.9. The maximum Gasteiger partial charge on any atom is 0.131 e. The van der Waals surface area contributed by atoms with E-state index in [4.69, 9.17) is 0 Å². The molecule has 0 amide bonds. The number of pyridine rings is 2. The molecule has 3 aromatic heterocycles. The normalized spacial score (nSPS) is 11.1. The first-order valence-corrected chi connectivity index (χ1v) is 12.8. The minimum absolute atomic E-state index is 0.290. The van der Waals surface area contributed by atoms with Gasteiger partial charge in [0, 0.05) is 40.2 Å². The maximum atomic E-state index is 14.5. The summed E-state index contributed by atoms with van der Waals surface area (Å²) >= 11 is 0. The number of rotatable bonds is 9. The second-order valence-electron chi connectivity index (χ2n) is 10.1. The van der Waals surface area contributed by atoms with Gasteiger partial charge in [-0.3, -0.25) is 15.1 Å². The van der Waals surface area contributed by atoms with Crippen molar-refractivity contribution < 1.29 is 4.39 Å². The zero-order valence-electron chi connectivity index (χ0n) is 22.3. The number of hydrogen-bond donors (Lipinski definition) is 3. The number of allylic oxidation sites excluding steroid dienone is 1. The van der Waals surface area contributed by atoms with Crippen LogP contribution in [0, 0.1) is 18.7 Å². The van der Waals surface area contributed by atoms with Crippen LogP contribution in [0.3, 0.4) is 0 Å². The van der Waals surface area contributed by atoms with Crippen molar-refractivity contribution in [3.8, 4) is 22.3 Å². The van der Waals surface area contributed by atoms with Crippen LogP contribution in [0.5, 0.6) is 0 Å². The van der Waals surface area contributed by atoms with Crippen molar-refractivity contribution in [1.29, 1.82) is 0 Å². The minimum Gasteiger partial charge on any atom is -0.358 e. The molecule has 0 aliphatic carbocycles. The van der Waals surface area contributed by atoms with Crippen molar-refractivity contribution in [2.75, 3.05) is 10.6 Å². The van der Waals surface area contributed by atoms with Gasteiger partial charge in [-0.15, -0.1) is 0 Å². The van der Waals surface area contributed by atoms with Gasteiger partial charge >= 0.3 is 0 Å². The molecule has 0 aliphatic rings. The first-order chi connectivity index (χ1) is 18.8. The van der Waals surface area contributed by atoms with Gasteiger partial charge < -0.3 is 10.6 Å². The van der Waals surface area contributed by atoms with E-state index in [1.54, 1.807) is 30.7 Å². The summed E-state index contributed by atoms with van der Waals surface area (Å²) in [6.45, 7) is 14.6. The van der Waals surface area contributed by atoms with Gasteiger partial charge in [-0.05, 0) is 54.7 Å². The molecule has 0 aliphatic heterocycles. The number of H-pyrrole nitrogens is 1. The van der Waals surface area contributed by atoms with Crippen LogP contribution in [0.25, 0.3) is 38.9 Å². The molecule has 0 atom stereocenters. The topological polar surface area (TPSA) is 78.5 Å². The van der Waals surface area contributed by atoms with Crippen molar-refractivity contribution >= 4 is 28.0 Å². The van der Waals surface area contributed by atoms with Crippen LogP contribution in [0.2, 0.25) is 0 Å². The van der Waals surface area contributed by atoms with Gasteiger partial charge in [-0.25, -0.2) is 4.39 Å². The molecule has 0 saturated heterocycles. The summed E-state index contributed by atoms with van der Waals surface area (Å²) in [5.74, 6) is 0.230. The average Bonchev–Trinajstić information content (AvgIpc) is 3.33. The zero-order valence-corrected chi connectivity index (χ0v) is 22.3. The van der Waals surface area contributed by atoms with Gasteiger partial charge in [0.15, 0.2) is 0 Å². The molecule has 5 aromatic rings. The Morgan fingerprint density at radius 2 is 1.72 bits per heavy atom. The molecule has 39 heavy (non-hydrogen) atoms. The highest BCUT2D eigenvalue weighted by Gasteiger charge is 2.15. The third-order valence-electron chi connectivity index (χ3n) is 6.56. The number of fused-ring (bicyclic) bond motifs is 1. The number of nitrogens with zero attached hydrogens (tertiary/aromatic N) is 3. The van der Waals surface area contributed by atoms with Crippen molar-refractivity contribution in [3.05, 3.63) is 109 Å². The Kier molecular flexibility index (Phi) is 7.23. The van der Waals surface area contributed by atoms with Crippen molar-refractivity contribution in [3.63, 3.8) is 0 Å². The molecule has 0 fully saturated rings. The average molecular weight is 519 g/mol. The molecule has 5 rings (SSSR count). The Hall–Kier alpha value is -4.78. The zero-order chi connectivity index (χ0) is 27.5. The highest BCUT2D eigenvalue weighted by Crippen LogP contribution is 2.33. The Morgan fingerprint density at radius 1 is 0.923 bits per heavy atom. The highest BCUT2D eigenvalue weighted by atomic mass is 19.1. The molecule has 0 bridgehead atoms. The molecule has 0 radical (unpaired) electrons. The van der Waals surface area contributed by atoms with E-state index in [0.29, 0.717) is 22.9 Å². The van der Waals surface area contributed by atoms with Crippen LogP contribution in [-0.4, -0.2) is 20.2 Å². The van der Waals surface area contributed by atoms with Crippen LogP contribution in [0.4, 0.5) is 15.8 Å². The fraction of sp³-hybridized carbons (Fsp3) is 0.156. The van der Waals surface area contributed by atoms with E-state index in [9.17, 15) is 4.39 Å². The largest absolute Gasteiger partial charge is 0.358 e. The van der Waals surface area contributed by atoms with Gasteiger partial charge in [0.05, 0.1) is 35.0 Å². The number of nitrogens with one attached hydrogen (secondary N) is 3. The lowest BCUT2D eigenvalue weighted by atomic mass is 10.0. The number of aromatic amines is 1. The van der Waals surface area contributed by atoms with E-state index in [1.807, 2.05) is 31.3 Å². The third kappa shape index (κ3) is 5.57. The summed E-state index contributed by atoms with van der Waals surface area (Å²) in [5.41, 5.74) is 8.84. The second kappa shape index (κ2) is 10.9. The van der Waals surface area contributed by atoms with Gasteiger partial charge in [0.25, 0.3) is 0 Å². The number of anilines is 2. The van der Waals surface area contributed by atoms with Crippen LogP contribution in [0.1, 0.15) is 31.5 Å². The molecule has 7 heteroatoms. The molecule has 3 heterocycles. The Labute approximate surface area is 227 Å². The van der Waals surface area contributed by atoms with E-state index in [2.05, 4.69) is 69.9 Å². The van der Waals surface area contributed by atoms with E-state index in [1.165, 1.54) is 6.07 Å². The predicted molar refractivity (Wildman–Crippen MR) is 159 cm³/mol. The van der Waals surface area contributed by atoms with Crippen molar-refractivity contribution in [2.24, 2.45) is 5.92 Å². The lowest BCUT2D eigenvalue weighted by Gasteiger charge is -2.14. The standard InChI is InChI=1S/C32H31FN6/c1-19(2)12-20(3)36-25-13-24(15-34-16-25)23-10-11-30-27(14-23)32(39-38-30)22(5)37-31-18-35-17-28(21(31)4)26-8-6-7-9-29(26)33/h6-11,13-19,36-37H,3,5,12H2,1-2,4H3,(H,38,39). The second-order valence-corrected chi connectivity index (χ2v) is 10.1. The summed E-state index contributed by atoms with van der Waals surface area (Å²) in [7, 11) is 0. The van der Waals surface area contributed by atoms with Crippen LogP contribution >= 0.6 is 0 Å². The van der Waals surface area contributed by atoms with E-state index in [-0.39, 0.29) is 5.82 Å². The molecule has 0 spiro atoms. The van der Waals surface area contributed by atoms with Gasteiger partial charge in [0.2, 0.25) is 0 Å². The van der Waals surface area contributed by atoms with Crippen LogP contribution in [-0.2, 0) is 0 Å². The van der Waals surface area contributed by atoms with Gasteiger partial charge in [-0.1, -0.05) is 51.3 Å². The first kappa shape index (κ1) is 25.9. The van der Waals surface area contributed by atoms with Crippen molar-refractivity contribution in [2.45, 2.75) is 27.2 Å².